The van der Waals surface area contributed by atoms with Gasteiger partial charge in [0.25, 0.3) is 0 Å². The molecule has 0 saturated carbocycles. The summed E-state index contributed by atoms with van der Waals surface area (Å²) in [6, 6.07) is 21.5. The van der Waals surface area contributed by atoms with Gasteiger partial charge < -0.3 is 0 Å². The molecule has 10 nitrogen and oxygen atoms in total. The van der Waals surface area contributed by atoms with Crippen LogP contribution in [0.15, 0.2) is 36.4 Å². The number of nitriles is 4. The van der Waals surface area contributed by atoms with Gasteiger partial charge in [0.2, 0.25) is 0 Å². The van der Waals surface area contributed by atoms with Gasteiger partial charge in [-0.3, -0.25) is 29.6 Å². The molecule has 1 aliphatic heterocycles. The second-order valence-corrected chi connectivity index (χ2v) is 11.5. The molecule has 0 aliphatic carbocycles. The zero-order chi connectivity index (χ0) is 31.9. The summed E-state index contributed by atoms with van der Waals surface area (Å²) in [5, 5.41) is 37.7. The molecule has 0 saturated heterocycles. The first kappa shape index (κ1) is 34.6. The molecule has 0 spiro atoms. The highest BCUT2D eigenvalue weighted by Gasteiger charge is 2.26. The SMILES string of the molecule is CC1c2cccc(n2)C(C)N(CCC#N)CCN(CCC#N)C(C)c2cccc(n2)C(C)N(CCC#N)CCN1CCC#N. The maximum absolute atomic E-state index is 9.42. The topological polar surface area (TPSA) is 134 Å². The van der Waals surface area contributed by atoms with Crippen molar-refractivity contribution in [3.05, 3.63) is 59.2 Å². The van der Waals surface area contributed by atoms with Gasteiger partial charge in [-0.05, 0) is 52.0 Å². The Morgan fingerprint density at radius 2 is 0.727 bits per heavy atom. The average molecular weight is 595 g/mol. The number of hydrogen-bond donors (Lipinski definition) is 0. The van der Waals surface area contributed by atoms with E-state index in [1.165, 1.54) is 0 Å². The normalized spacial score (nSPS) is 22.9. The zero-order valence-corrected chi connectivity index (χ0v) is 26.7. The van der Waals surface area contributed by atoms with Crippen LogP contribution in [0.25, 0.3) is 0 Å². The number of rotatable bonds is 8. The largest absolute Gasteiger partial charge is 0.293 e. The lowest BCUT2D eigenvalue weighted by Gasteiger charge is -2.36. The molecule has 4 unspecified atom stereocenters. The van der Waals surface area contributed by atoms with Crippen molar-refractivity contribution in [2.75, 3.05) is 52.4 Å². The van der Waals surface area contributed by atoms with Crippen molar-refractivity contribution in [1.29, 1.82) is 21.0 Å². The molecule has 0 radical (unpaired) electrons. The summed E-state index contributed by atoms with van der Waals surface area (Å²) >= 11 is 0. The van der Waals surface area contributed by atoms with E-state index >= 15 is 0 Å². The number of nitrogens with zero attached hydrogens (tertiary/aromatic N) is 10. The zero-order valence-electron chi connectivity index (χ0n) is 26.7. The minimum atomic E-state index is -0.0150. The van der Waals surface area contributed by atoms with E-state index in [0.717, 1.165) is 22.8 Å². The van der Waals surface area contributed by atoms with Gasteiger partial charge in [0, 0.05) is 102 Å². The van der Waals surface area contributed by atoms with Crippen molar-refractivity contribution >= 4 is 0 Å². The molecule has 0 fully saturated rings. The summed E-state index contributed by atoms with van der Waals surface area (Å²) in [5.74, 6) is 0. The third-order valence-electron chi connectivity index (χ3n) is 8.88. The van der Waals surface area contributed by atoms with Crippen molar-refractivity contribution in [2.45, 2.75) is 77.5 Å². The molecule has 2 aromatic heterocycles. The standard InChI is InChI=1S/C34H46N10/c1-27-31-11-5-12-32(39-31)28(2)43(21-9-17-37)25-26-44(22-10-18-38)30(4)34-14-6-13-33(40-34)29(3)42(20-8-16-36)24-23-41(27)19-7-15-35/h5-6,11-14,27-30H,7-10,19-26H2,1-4H3. The van der Waals surface area contributed by atoms with E-state index in [2.05, 4.69) is 108 Å². The van der Waals surface area contributed by atoms with Gasteiger partial charge in [-0.15, -0.1) is 0 Å². The van der Waals surface area contributed by atoms with E-state index < -0.39 is 0 Å². The summed E-state index contributed by atoms with van der Waals surface area (Å²) < 4.78 is 0. The average Bonchev–Trinajstić information content (AvgIpc) is 3.05. The summed E-state index contributed by atoms with van der Waals surface area (Å²) in [4.78, 5) is 19.5. The van der Waals surface area contributed by atoms with E-state index in [-0.39, 0.29) is 24.2 Å². The Bertz CT molecular complexity index is 1150. The smallest absolute Gasteiger partial charge is 0.0635 e. The van der Waals surface area contributed by atoms with E-state index in [4.69, 9.17) is 9.97 Å². The fourth-order valence-electron chi connectivity index (χ4n) is 5.90. The molecular formula is C34H46N10. The van der Waals surface area contributed by atoms with E-state index in [9.17, 15) is 21.0 Å². The van der Waals surface area contributed by atoms with Crippen molar-refractivity contribution in [2.24, 2.45) is 0 Å². The van der Waals surface area contributed by atoms with Crippen molar-refractivity contribution in [3.8, 4) is 24.3 Å². The molecule has 232 valence electrons. The van der Waals surface area contributed by atoms with E-state index in [1.807, 2.05) is 0 Å². The van der Waals surface area contributed by atoms with Crippen LogP contribution >= 0.6 is 0 Å². The number of hydrogen-bond acceptors (Lipinski definition) is 10. The number of pyridine rings is 2. The van der Waals surface area contributed by atoms with Crippen LogP contribution in [0.3, 0.4) is 0 Å². The maximum atomic E-state index is 9.42. The van der Waals surface area contributed by atoms with Gasteiger partial charge in [-0.1, -0.05) is 12.1 Å². The van der Waals surface area contributed by atoms with Crippen LogP contribution in [0.5, 0.6) is 0 Å². The third-order valence-corrected chi connectivity index (χ3v) is 8.88. The Kier molecular flexibility index (Phi) is 14.2. The molecule has 3 rings (SSSR count). The van der Waals surface area contributed by atoms with Gasteiger partial charge >= 0.3 is 0 Å². The first-order chi connectivity index (χ1) is 21.3. The molecule has 44 heavy (non-hydrogen) atoms. The Balaban J connectivity index is 2.08. The minimum absolute atomic E-state index is 0.0150. The highest BCUT2D eigenvalue weighted by Crippen LogP contribution is 2.27. The quantitative estimate of drug-likeness (QED) is 0.396. The van der Waals surface area contributed by atoms with E-state index in [0.29, 0.717) is 78.0 Å². The fraction of sp³-hybridized carbons (Fsp3) is 0.588. The lowest BCUT2D eigenvalue weighted by Crippen LogP contribution is -2.40. The molecule has 2 aromatic rings. The Labute approximate surface area is 263 Å². The second-order valence-electron chi connectivity index (χ2n) is 11.5. The summed E-state index contributed by atoms with van der Waals surface area (Å²) in [6.07, 6.45) is 1.67. The number of aromatic nitrogens is 2. The second kappa shape index (κ2) is 18.0. The fourth-order valence-corrected chi connectivity index (χ4v) is 5.90. The van der Waals surface area contributed by atoms with Gasteiger partial charge in [0.05, 0.1) is 47.1 Å². The van der Waals surface area contributed by atoms with Crippen LogP contribution in [0, 0.1) is 45.3 Å². The van der Waals surface area contributed by atoms with Crippen LogP contribution in [-0.4, -0.2) is 81.9 Å². The van der Waals surface area contributed by atoms with Gasteiger partial charge in [0.1, 0.15) is 0 Å². The first-order valence-electron chi connectivity index (χ1n) is 15.7. The van der Waals surface area contributed by atoms with Crippen LogP contribution in [0.1, 0.15) is 100 Å². The molecule has 0 aromatic carbocycles. The third kappa shape index (κ3) is 9.55. The Hall–Kier alpha value is -3.90. The Morgan fingerprint density at radius 1 is 0.500 bits per heavy atom. The molecule has 10 heteroatoms. The highest BCUT2D eigenvalue weighted by molar-refractivity contribution is 5.18. The van der Waals surface area contributed by atoms with Gasteiger partial charge in [-0.2, -0.15) is 21.0 Å². The summed E-state index contributed by atoms with van der Waals surface area (Å²) in [7, 11) is 0. The van der Waals surface area contributed by atoms with Crippen LogP contribution < -0.4 is 0 Å². The van der Waals surface area contributed by atoms with Crippen LogP contribution in [0.2, 0.25) is 0 Å². The molecule has 1 aliphatic rings. The summed E-state index contributed by atoms with van der Waals surface area (Å²) in [6.45, 7) is 13.9. The lowest BCUT2D eigenvalue weighted by atomic mass is 10.1. The molecule has 3 heterocycles. The predicted molar refractivity (Wildman–Crippen MR) is 169 cm³/mol. The van der Waals surface area contributed by atoms with Crippen molar-refractivity contribution < 1.29 is 0 Å². The van der Waals surface area contributed by atoms with Crippen LogP contribution in [0.4, 0.5) is 0 Å². The lowest BCUT2D eigenvalue weighted by molar-refractivity contribution is 0.137. The predicted octanol–water partition coefficient (Wildman–Crippen LogP) is 5.30. The van der Waals surface area contributed by atoms with Crippen LogP contribution in [-0.2, 0) is 0 Å². The molecular weight excluding hydrogens is 548 g/mol. The molecule has 4 bridgehead atoms. The van der Waals surface area contributed by atoms with Gasteiger partial charge in [0.15, 0.2) is 0 Å². The Morgan fingerprint density at radius 3 is 0.932 bits per heavy atom. The minimum Gasteiger partial charge on any atom is -0.293 e. The van der Waals surface area contributed by atoms with Crippen molar-refractivity contribution in [1.82, 2.24) is 29.6 Å². The summed E-state index contributed by atoms with van der Waals surface area (Å²) in [5.41, 5.74) is 3.79. The molecule has 0 N–H and O–H groups in total. The molecule has 0 amide bonds. The first-order valence-corrected chi connectivity index (χ1v) is 15.7. The maximum Gasteiger partial charge on any atom is 0.0635 e. The highest BCUT2D eigenvalue weighted by atomic mass is 15.2. The van der Waals surface area contributed by atoms with Crippen molar-refractivity contribution in [3.63, 3.8) is 0 Å². The van der Waals surface area contributed by atoms with E-state index in [1.54, 1.807) is 0 Å². The number of fused-ring (bicyclic) bond motifs is 4. The monoisotopic (exact) mass is 594 g/mol. The molecule has 4 atom stereocenters. The van der Waals surface area contributed by atoms with Gasteiger partial charge in [-0.25, -0.2) is 0 Å².